The quantitative estimate of drug-likeness (QED) is 0.877. The number of benzene rings is 1. The molecule has 1 N–H and O–H groups in total. The van der Waals surface area contributed by atoms with Crippen LogP contribution in [-0.2, 0) is 11.2 Å². The number of carbonyl (C=O) groups excluding carboxylic acids is 1. The van der Waals surface area contributed by atoms with Gasteiger partial charge in [-0.15, -0.1) is 0 Å². The van der Waals surface area contributed by atoms with E-state index in [1.54, 1.807) is 0 Å². The first-order valence-electron chi connectivity index (χ1n) is 7.36. The Hall–Kier alpha value is -1.31. The van der Waals surface area contributed by atoms with Gasteiger partial charge in [-0.3, -0.25) is 4.79 Å². The van der Waals surface area contributed by atoms with Crippen molar-refractivity contribution in [2.24, 2.45) is 5.41 Å². The van der Waals surface area contributed by atoms with Gasteiger partial charge in [0.1, 0.15) is 0 Å². The minimum atomic E-state index is -0.172. The lowest BCUT2D eigenvalue weighted by molar-refractivity contribution is -0.122. The summed E-state index contributed by atoms with van der Waals surface area (Å²) in [6, 6.07) is 6.22. The molecule has 112 valence electrons. The molecule has 2 heteroatoms. The first-order chi connectivity index (χ1) is 8.98. The predicted molar refractivity (Wildman–Crippen MR) is 85.9 cm³/mol. The van der Waals surface area contributed by atoms with Gasteiger partial charge in [0, 0.05) is 5.54 Å². The summed E-state index contributed by atoms with van der Waals surface area (Å²) in [5.41, 5.74) is 3.62. The van der Waals surface area contributed by atoms with Gasteiger partial charge in [0.05, 0.1) is 6.42 Å². The third kappa shape index (κ3) is 5.77. The topological polar surface area (TPSA) is 29.1 Å². The SMILES string of the molecule is Cc1ccc(CC(=O)NC(C)(C)CC(C)(C)C)cc1C. The Labute approximate surface area is 124 Å². The fourth-order valence-electron chi connectivity index (χ4n) is 2.89. The van der Waals surface area contributed by atoms with Crippen molar-refractivity contribution in [1.82, 2.24) is 5.32 Å². The van der Waals surface area contributed by atoms with Gasteiger partial charge in [-0.05, 0) is 56.2 Å². The normalized spacial score (nSPS) is 12.3. The van der Waals surface area contributed by atoms with E-state index in [1.807, 2.05) is 6.07 Å². The minimum absolute atomic E-state index is 0.0995. The number of rotatable bonds is 4. The largest absolute Gasteiger partial charge is 0.351 e. The van der Waals surface area contributed by atoms with Gasteiger partial charge < -0.3 is 5.32 Å². The third-order valence-electron chi connectivity index (χ3n) is 3.39. The van der Waals surface area contributed by atoms with E-state index in [2.05, 4.69) is 65.9 Å². The number of aryl methyl sites for hydroxylation is 2. The van der Waals surface area contributed by atoms with E-state index in [-0.39, 0.29) is 16.9 Å². The zero-order valence-corrected chi connectivity index (χ0v) is 14.1. The maximum Gasteiger partial charge on any atom is 0.224 e. The number of amides is 1. The molecule has 0 saturated carbocycles. The van der Waals surface area contributed by atoms with Gasteiger partial charge in [0.15, 0.2) is 0 Å². The Balaban J connectivity index is 2.65. The Morgan fingerprint density at radius 1 is 1.05 bits per heavy atom. The Bertz CT molecular complexity index is 481. The lowest BCUT2D eigenvalue weighted by atomic mass is 9.81. The molecular weight excluding hydrogens is 246 g/mol. The highest BCUT2D eigenvalue weighted by Crippen LogP contribution is 2.26. The number of hydrogen-bond donors (Lipinski definition) is 1. The molecule has 0 aliphatic rings. The molecule has 20 heavy (non-hydrogen) atoms. The van der Waals surface area contributed by atoms with Crippen LogP contribution in [0.2, 0.25) is 0 Å². The molecule has 0 aromatic heterocycles. The van der Waals surface area contributed by atoms with E-state index in [0.29, 0.717) is 6.42 Å². The van der Waals surface area contributed by atoms with Crippen LogP contribution in [-0.4, -0.2) is 11.4 Å². The van der Waals surface area contributed by atoms with Gasteiger partial charge in [-0.2, -0.15) is 0 Å². The van der Waals surface area contributed by atoms with Crippen LogP contribution < -0.4 is 5.32 Å². The lowest BCUT2D eigenvalue weighted by Gasteiger charge is -2.33. The Morgan fingerprint density at radius 2 is 1.65 bits per heavy atom. The summed E-state index contributed by atoms with van der Waals surface area (Å²) in [6.45, 7) is 15.0. The van der Waals surface area contributed by atoms with Crippen molar-refractivity contribution >= 4 is 5.91 Å². The Morgan fingerprint density at radius 3 is 2.15 bits per heavy atom. The first-order valence-corrected chi connectivity index (χ1v) is 7.36. The monoisotopic (exact) mass is 275 g/mol. The van der Waals surface area contributed by atoms with Gasteiger partial charge >= 0.3 is 0 Å². The fourth-order valence-corrected chi connectivity index (χ4v) is 2.89. The van der Waals surface area contributed by atoms with E-state index < -0.39 is 0 Å². The smallest absolute Gasteiger partial charge is 0.224 e. The highest BCUT2D eigenvalue weighted by molar-refractivity contribution is 5.79. The van der Waals surface area contributed by atoms with Crippen molar-refractivity contribution in [2.75, 3.05) is 0 Å². The summed E-state index contributed by atoms with van der Waals surface area (Å²) in [5, 5.41) is 3.16. The van der Waals surface area contributed by atoms with E-state index in [9.17, 15) is 4.79 Å². The summed E-state index contributed by atoms with van der Waals surface area (Å²) in [4.78, 5) is 12.2. The number of carbonyl (C=O) groups is 1. The molecule has 0 aliphatic carbocycles. The zero-order valence-electron chi connectivity index (χ0n) is 14.1. The van der Waals surface area contributed by atoms with E-state index in [0.717, 1.165) is 12.0 Å². The average Bonchev–Trinajstić information content (AvgIpc) is 2.18. The molecule has 0 spiro atoms. The third-order valence-corrected chi connectivity index (χ3v) is 3.39. The summed E-state index contributed by atoms with van der Waals surface area (Å²) in [6.07, 6.45) is 1.41. The minimum Gasteiger partial charge on any atom is -0.351 e. The molecule has 0 aliphatic heterocycles. The number of hydrogen-bond acceptors (Lipinski definition) is 1. The average molecular weight is 275 g/mol. The van der Waals surface area contributed by atoms with Crippen LogP contribution in [0.15, 0.2) is 18.2 Å². The van der Waals surface area contributed by atoms with Crippen LogP contribution in [0.5, 0.6) is 0 Å². The van der Waals surface area contributed by atoms with E-state index in [1.165, 1.54) is 11.1 Å². The number of nitrogens with one attached hydrogen (secondary N) is 1. The first kappa shape index (κ1) is 16.7. The van der Waals surface area contributed by atoms with Crippen LogP contribution in [0.25, 0.3) is 0 Å². The Kier molecular flexibility index (Phi) is 5.01. The lowest BCUT2D eigenvalue weighted by Crippen LogP contribution is -2.46. The molecule has 1 aromatic rings. The van der Waals surface area contributed by atoms with E-state index in [4.69, 9.17) is 0 Å². The van der Waals surface area contributed by atoms with Crippen molar-refractivity contribution in [3.8, 4) is 0 Å². The van der Waals surface area contributed by atoms with Crippen LogP contribution in [0.3, 0.4) is 0 Å². The van der Waals surface area contributed by atoms with Crippen LogP contribution >= 0.6 is 0 Å². The predicted octanol–water partition coefficient (Wildman–Crippen LogP) is 4.18. The maximum atomic E-state index is 12.2. The van der Waals surface area contributed by atoms with Crippen molar-refractivity contribution in [3.05, 3.63) is 34.9 Å². The fraction of sp³-hybridized carbons (Fsp3) is 0.611. The zero-order chi connectivity index (χ0) is 15.6. The molecule has 2 nitrogen and oxygen atoms in total. The molecule has 0 unspecified atom stereocenters. The van der Waals surface area contributed by atoms with Gasteiger partial charge in [-0.25, -0.2) is 0 Å². The summed E-state index contributed by atoms with van der Waals surface area (Å²) >= 11 is 0. The molecular formula is C18H29NO. The van der Waals surface area contributed by atoms with Gasteiger partial charge in [0.2, 0.25) is 5.91 Å². The molecule has 0 atom stereocenters. The molecule has 1 rings (SSSR count). The molecule has 1 amide bonds. The molecule has 0 heterocycles. The summed E-state index contributed by atoms with van der Waals surface area (Å²) in [5.74, 6) is 0.0995. The second-order valence-electron chi connectivity index (χ2n) is 7.76. The van der Waals surface area contributed by atoms with Crippen molar-refractivity contribution in [3.63, 3.8) is 0 Å². The molecule has 0 fully saturated rings. The van der Waals surface area contributed by atoms with Crippen molar-refractivity contribution in [1.29, 1.82) is 0 Å². The summed E-state index contributed by atoms with van der Waals surface area (Å²) in [7, 11) is 0. The maximum absolute atomic E-state index is 12.2. The standard InChI is InChI=1S/C18H29NO/c1-13-8-9-15(10-14(13)2)11-16(20)19-18(6,7)12-17(3,4)5/h8-10H,11-12H2,1-7H3,(H,19,20). The van der Waals surface area contributed by atoms with Gasteiger partial charge in [0.25, 0.3) is 0 Å². The van der Waals surface area contributed by atoms with Crippen molar-refractivity contribution in [2.45, 2.75) is 66.8 Å². The van der Waals surface area contributed by atoms with Crippen LogP contribution in [0.1, 0.15) is 57.7 Å². The molecule has 0 saturated heterocycles. The molecule has 0 radical (unpaired) electrons. The second-order valence-corrected chi connectivity index (χ2v) is 7.76. The molecule has 0 bridgehead atoms. The molecule has 1 aromatic carbocycles. The summed E-state index contributed by atoms with van der Waals surface area (Å²) < 4.78 is 0. The van der Waals surface area contributed by atoms with Crippen LogP contribution in [0, 0.1) is 19.3 Å². The van der Waals surface area contributed by atoms with Crippen molar-refractivity contribution < 1.29 is 4.79 Å². The highest BCUT2D eigenvalue weighted by Gasteiger charge is 2.26. The highest BCUT2D eigenvalue weighted by atomic mass is 16.1. The second kappa shape index (κ2) is 5.99. The van der Waals surface area contributed by atoms with E-state index >= 15 is 0 Å². The van der Waals surface area contributed by atoms with Gasteiger partial charge in [-0.1, -0.05) is 39.0 Å². The van der Waals surface area contributed by atoms with Crippen LogP contribution in [0.4, 0.5) is 0 Å².